The van der Waals surface area contributed by atoms with E-state index in [1.165, 1.54) is 6.42 Å². The largest absolute Gasteiger partial charge is 0.492 e. The Morgan fingerprint density at radius 1 is 0.966 bits per heavy atom. The van der Waals surface area contributed by atoms with Crippen LogP contribution in [-0.2, 0) is 4.79 Å². The summed E-state index contributed by atoms with van der Waals surface area (Å²) in [7, 11) is 0. The molecule has 1 fully saturated rings. The van der Waals surface area contributed by atoms with E-state index in [9.17, 15) is 9.59 Å². The number of hydrogen-bond acceptors (Lipinski definition) is 3. The summed E-state index contributed by atoms with van der Waals surface area (Å²) in [4.78, 5) is 25.3. The molecule has 5 nitrogen and oxygen atoms in total. The fourth-order valence-electron chi connectivity index (χ4n) is 3.52. The summed E-state index contributed by atoms with van der Waals surface area (Å²) < 4.78 is 5.78. The predicted molar refractivity (Wildman–Crippen MR) is 116 cm³/mol. The van der Waals surface area contributed by atoms with Gasteiger partial charge < -0.3 is 15.4 Å². The molecule has 154 valence electrons. The van der Waals surface area contributed by atoms with Crippen molar-refractivity contribution in [3.63, 3.8) is 0 Å². The van der Waals surface area contributed by atoms with Crippen LogP contribution in [0.25, 0.3) is 0 Å². The number of nitrogens with one attached hydrogen (secondary N) is 2. The fraction of sp³-hybridized carbons (Fsp3) is 0.417. The van der Waals surface area contributed by atoms with Crippen LogP contribution in [-0.4, -0.2) is 18.4 Å². The molecule has 2 amide bonds. The van der Waals surface area contributed by atoms with Crippen LogP contribution in [0.2, 0.25) is 0 Å². The summed E-state index contributed by atoms with van der Waals surface area (Å²) in [6.07, 6.45) is 5.36. The average molecular weight is 395 g/mol. The minimum absolute atomic E-state index is 0.0700. The summed E-state index contributed by atoms with van der Waals surface area (Å²) in [6, 6.07) is 14.5. The minimum Gasteiger partial charge on any atom is -0.492 e. The van der Waals surface area contributed by atoms with E-state index in [1.54, 1.807) is 18.2 Å². The number of benzene rings is 2. The second kappa shape index (κ2) is 10.1. The van der Waals surface area contributed by atoms with Crippen LogP contribution in [0.15, 0.2) is 48.5 Å². The molecule has 2 aromatic carbocycles. The van der Waals surface area contributed by atoms with Crippen LogP contribution in [0.1, 0.15) is 56.3 Å². The van der Waals surface area contributed by atoms with Gasteiger partial charge in [0.25, 0.3) is 5.91 Å². The molecule has 1 aliphatic carbocycles. The zero-order chi connectivity index (χ0) is 20.6. The van der Waals surface area contributed by atoms with Crippen molar-refractivity contribution in [3.8, 4) is 5.75 Å². The summed E-state index contributed by atoms with van der Waals surface area (Å²) in [5.41, 5.74) is 1.82. The molecule has 1 aliphatic rings. The van der Waals surface area contributed by atoms with Crippen LogP contribution in [0.4, 0.5) is 11.4 Å². The maximum absolute atomic E-state index is 12.8. The number of hydrogen-bond donors (Lipinski definition) is 2. The average Bonchev–Trinajstić information content (AvgIpc) is 2.73. The van der Waals surface area contributed by atoms with Crippen molar-refractivity contribution in [2.45, 2.75) is 46.0 Å². The zero-order valence-corrected chi connectivity index (χ0v) is 17.2. The van der Waals surface area contributed by atoms with Crippen molar-refractivity contribution in [3.05, 3.63) is 54.1 Å². The van der Waals surface area contributed by atoms with Gasteiger partial charge in [0.1, 0.15) is 5.75 Å². The lowest BCUT2D eigenvalue weighted by molar-refractivity contribution is -0.120. The normalized spacial score (nSPS) is 14.4. The summed E-state index contributed by atoms with van der Waals surface area (Å²) in [5, 5.41) is 5.90. The van der Waals surface area contributed by atoms with Crippen molar-refractivity contribution in [1.29, 1.82) is 0 Å². The van der Waals surface area contributed by atoms with Gasteiger partial charge in [0.15, 0.2) is 0 Å². The topological polar surface area (TPSA) is 67.4 Å². The van der Waals surface area contributed by atoms with Crippen LogP contribution < -0.4 is 15.4 Å². The maximum atomic E-state index is 12.8. The Morgan fingerprint density at radius 3 is 2.38 bits per heavy atom. The Hall–Kier alpha value is -2.82. The standard InChI is InChI=1S/C24H30N2O3/c1-17(2)16-29-22-14-7-6-13-21(22)24(28)26-20-12-8-11-19(15-20)25-23(27)18-9-4-3-5-10-18/h6-8,11-15,17-18H,3-5,9-10,16H2,1-2H3,(H,25,27)(H,26,28). The zero-order valence-electron chi connectivity index (χ0n) is 17.2. The number of amides is 2. The summed E-state index contributed by atoms with van der Waals surface area (Å²) >= 11 is 0. The van der Waals surface area contributed by atoms with E-state index in [0.717, 1.165) is 25.7 Å². The van der Waals surface area contributed by atoms with Gasteiger partial charge in [0.2, 0.25) is 5.91 Å². The maximum Gasteiger partial charge on any atom is 0.259 e. The second-order valence-corrected chi connectivity index (χ2v) is 8.06. The van der Waals surface area contributed by atoms with Crippen LogP contribution in [0.3, 0.4) is 0 Å². The first-order valence-electron chi connectivity index (χ1n) is 10.5. The fourth-order valence-corrected chi connectivity index (χ4v) is 3.52. The van der Waals surface area contributed by atoms with E-state index < -0.39 is 0 Å². The molecule has 0 saturated heterocycles. The first-order chi connectivity index (χ1) is 14.0. The third-order valence-corrected chi connectivity index (χ3v) is 5.07. The number of ether oxygens (including phenoxy) is 1. The molecule has 0 heterocycles. The molecular formula is C24H30N2O3. The highest BCUT2D eigenvalue weighted by molar-refractivity contribution is 6.06. The van der Waals surface area contributed by atoms with Crippen molar-refractivity contribution in [2.24, 2.45) is 11.8 Å². The Morgan fingerprint density at radius 2 is 1.66 bits per heavy atom. The van der Waals surface area contributed by atoms with E-state index >= 15 is 0 Å². The van der Waals surface area contributed by atoms with Gasteiger partial charge in [-0.25, -0.2) is 0 Å². The molecule has 0 aromatic heterocycles. The molecule has 0 spiro atoms. The Balaban J connectivity index is 1.65. The van der Waals surface area contributed by atoms with Gasteiger partial charge in [-0.05, 0) is 49.1 Å². The summed E-state index contributed by atoms with van der Waals surface area (Å²) in [5.74, 6) is 0.865. The molecule has 0 aliphatic heterocycles. The van der Waals surface area contributed by atoms with Crippen molar-refractivity contribution < 1.29 is 14.3 Å². The third-order valence-electron chi connectivity index (χ3n) is 5.07. The first kappa shape index (κ1) is 20.9. The smallest absolute Gasteiger partial charge is 0.259 e. The Kier molecular flexibility index (Phi) is 7.28. The lowest BCUT2D eigenvalue weighted by atomic mass is 9.88. The van der Waals surface area contributed by atoms with Crippen molar-refractivity contribution >= 4 is 23.2 Å². The number of carbonyl (C=O) groups excluding carboxylic acids is 2. The molecule has 0 atom stereocenters. The molecule has 2 aromatic rings. The van der Waals surface area contributed by atoms with Crippen molar-refractivity contribution in [2.75, 3.05) is 17.2 Å². The highest BCUT2D eigenvalue weighted by Crippen LogP contribution is 2.26. The van der Waals surface area contributed by atoms with Crippen LogP contribution in [0, 0.1) is 11.8 Å². The SMILES string of the molecule is CC(C)COc1ccccc1C(=O)Nc1cccc(NC(=O)C2CCCCC2)c1. The molecule has 5 heteroatoms. The van der Waals surface area contributed by atoms with Gasteiger partial charge in [-0.1, -0.05) is 51.3 Å². The van der Waals surface area contributed by atoms with Crippen molar-refractivity contribution in [1.82, 2.24) is 0 Å². The van der Waals surface area contributed by atoms with E-state index in [0.29, 0.717) is 35.2 Å². The molecule has 0 radical (unpaired) electrons. The molecular weight excluding hydrogens is 364 g/mol. The Bertz CT molecular complexity index is 842. The van der Waals surface area contributed by atoms with E-state index in [4.69, 9.17) is 4.74 Å². The Labute approximate surface area is 172 Å². The lowest BCUT2D eigenvalue weighted by Crippen LogP contribution is -2.24. The number of carbonyl (C=O) groups is 2. The molecule has 3 rings (SSSR count). The van der Waals surface area contributed by atoms with Gasteiger partial charge in [-0.15, -0.1) is 0 Å². The highest BCUT2D eigenvalue weighted by atomic mass is 16.5. The summed E-state index contributed by atoms with van der Waals surface area (Å²) in [6.45, 7) is 4.68. The number of rotatable bonds is 7. The number of anilines is 2. The molecule has 2 N–H and O–H groups in total. The van der Waals surface area contributed by atoms with E-state index in [1.807, 2.05) is 30.3 Å². The van der Waals surface area contributed by atoms with E-state index in [-0.39, 0.29) is 17.7 Å². The molecule has 1 saturated carbocycles. The van der Waals surface area contributed by atoms with Gasteiger partial charge in [0.05, 0.1) is 12.2 Å². The first-order valence-corrected chi connectivity index (χ1v) is 10.5. The monoisotopic (exact) mass is 394 g/mol. The van der Waals surface area contributed by atoms with Gasteiger partial charge in [-0.2, -0.15) is 0 Å². The minimum atomic E-state index is -0.236. The third kappa shape index (κ3) is 6.08. The molecule has 29 heavy (non-hydrogen) atoms. The molecule has 0 unspecified atom stereocenters. The van der Waals surface area contributed by atoms with Gasteiger partial charge in [-0.3, -0.25) is 9.59 Å². The second-order valence-electron chi connectivity index (χ2n) is 8.06. The molecule has 0 bridgehead atoms. The van der Waals surface area contributed by atoms with Crippen LogP contribution in [0.5, 0.6) is 5.75 Å². The highest BCUT2D eigenvalue weighted by Gasteiger charge is 2.21. The predicted octanol–water partition coefficient (Wildman–Crippen LogP) is 5.49. The van der Waals surface area contributed by atoms with Gasteiger partial charge >= 0.3 is 0 Å². The quantitative estimate of drug-likeness (QED) is 0.652. The van der Waals surface area contributed by atoms with Crippen LogP contribution >= 0.6 is 0 Å². The van der Waals surface area contributed by atoms with Gasteiger partial charge in [0, 0.05) is 17.3 Å². The number of para-hydroxylation sites is 1. The van der Waals surface area contributed by atoms with E-state index in [2.05, 4.69) is 24.5 Å². The lowest BCUT2D eigenvalue weighted by Gasteiger charge is -2.21.